The van der Waals surface area contributed by atoms with Gasteiger partial charge in [-0.1, -0.05) is 18.2 Å². The summed E-state index contributed by atoms with van der Waals surface area (Å²) in [6, 6.07) is 10.3. The van der Waals surface area contributed by atoms with Gasteiger partial charge in [0.15, 0.2) is 0 Å². The Morgan fingerprint density at radius 2 is 1.93 bits per heavy atom. The van der Waals surface area contributed by atoms with Crippen LogP contribution < -0.4 is 5.73 Å². The lowest BCUT2D eigenvalue weighted by molar-refractivity contribution is 0.0541. The van der Waals surface area contributed by atoms with Crippen LogP contribution in [0.5, 0.6) is 0 Å². The summed E-state index contributed by atoms with van der Waals surface area (Å²) in [7, 11) is 0. The fraction of sp³-hybridized carbons (Fsp3) is 0.318. The lowest BCUT2D eigenvalue weighted by atomic mass is 10.1. The van der Waals surface area contributed by atoms with Crippen molar-refractivity contribution in [3.8, 4) is 0 Å². The smallest absolute Gasteiger partial charge is 0.420 e. The Morgan fingerprint density at radius 3 is 2.59 bits per heavy atom. The topological polar surface area (TPSA) is 62.2 Å². The molecule has 5 heteroatoms. The number of rotatable bonds is 3. The molecule has 0 aliphatic rings. The molecule has 2 aromatic heterocycles. The second-order valence-electron chi connectivity index (χ2n) is 7.73. The molecule has 3 rings (SSSR count). The normalized spacial score (nSPS) is 12.6. The van der Waals surface area contributed by atoms with Crippen molar-refractivity contribution in [1.29, 1.82) is 0 Å². The quantitative estimate of drug-likeness (QED) is 0.692. The van der Waals surface area contributed by atoms with Gasteiger partial charge in [-0.05, 0) is 64.0 Å². The van der Waals surface area contributed by atoms with Gasteiger partial charge in [-0.2, -0.15) is 0 Å². The first kappa shape index (κ1) is 18.8. The van der Waals surface area contributed by atoms with E-state index in [0.29, 0.717) is 12.4 Å². The summed E-state index contributed by atoms with van der Waals surface area (Å²) >= 11 is 0. The maximum Gasteiger partial charge on any atom is 0.420 e. The van der Waals surface area contributed by atoms with Gasteiger partial charge in [0.2, 0.25) is 0 Å². The van der Waals surface area contributed by atoms with Crippen molar-refractivity contribution < 1.29 is 9.53 Å². The molecule has 0 saturated heterocycles. The summed E-state index contributed by atoms with van der Waals surface area (Å²) in [5.74, 6) is 0.394. The number of nitrogens with two attached hydrogens (primary N) is 1. The third-order valence-corrected chi connectivity index (χ3v) is 4.58. The molecule has 0 bridgehead atoms. The van der Waals surface area contributed by atoms with Crippen LogP contribution in [0, 0.1) is 6.92 Å². The largest absolute Gasteiger partial charge is 0.443 e. The summed E-state index contributed by atoms with van der Waals surface area (Å²) < 4.78 is 8.99. The Balaban J connectivity index is 1.91. The maximum absolute atomic E-state index is 12.4. The molecule has 0 fully saturated rings. The molecule has 3 aromatic rings. The summed E-state index contributed by atoms with van der Waals surface area (Å²) in [5.41, 5.74) is 10.0. The number of ether oxygens (including phenoxy) is 1. The number of anilines is 1. The summed E-state index contributed by atoms with van der Waals surface area (Å²) in [6.45, 7) is 10.3. The Hall–Kier alpha value is -2.95. The molecule has 5 nitrogen and oxygen atoms in total. The molecule has 0 aliphatic carbocycles. The number of nitrogen functional groups attached to an aromatic ring is 1. The van der Waals surface area contributed by atoms with Crippen molar-refractivity contribution in [1.82, 2.24) is 9.13 Å². The molecule has 0 aliphatic heterocycles. The van der Waals surface area contributed by atoms with E-state index in [4.69, 9.17) is 10.5 Å². The SMILES string of the molecule is CC=C(Cn1ccc2c(C)cccc21)c1ccn(C(=O)OC(C)(C)C)c1N. The minimum Gasteiger partial charge on any atom is -0.443 e. The van der Waals surface area contributed by atoms with E-state index in [1.54, 1.807) is 6.20 Å². The molecule has 0 saturated carbocycles. The molecule has 2 heterocycles. The monoisotopic (exact) mass is 365 g/mol. The highest BCUT2D eigenvalue weighted by molar-refractivity contribution is 5.85. The zero-order valence-corrected chi connectivity index (χ0v) is 16.6. The van der Waals surface area contributed by atoms with E-state index in [2.05, 4.69) is 42.0 Å². The first-order chi connectivity index (χ1) is 12.7. The third-order valence-electron chi connectivity index (χ3n) is 4.58. The molecule has 1 aromatic carbocycles. The van der Waals surface area contributed by atoms with Crippen LogP contribution in [0.15, 0.2) is 48.8 Å². The highest BCUT2D eigenvalue weighted by Crippen LogP contribution is 2.28. The molecule has 0 spiro atoms. The van der Waals surface area contributed by atoms with Crippen molar-refractivity contribution in [2.24, 2.45) is 0 Å². The molecule has 27 heavy (non-hydrogen) atoms. The number of hydrogen-bond acceptors (Lipinski definition) is 3. The van der Waals surface area contributed by atoms with Crippen LogP contribution in [-0.2, 0) is 11.3 Å². The highest BCUT2D eigenvalue weighted by Gasteiger charge is 2.21. The Labute approximate surface area is 160 Å². The molecule has 0 unspecified atom stereocenters. The zero-order chi connectivity index (χ0) is 19.8. The predicted molar refractivity (Wildman–Crippen MR) is 111 cm³/mol. The van der Waals surface area contributed by atoms with Gasteiger partial charge < -0.3 is 15.0 Å². The van der Waals surface area contributed by atoms with Gasteiger partial charge in [-0.15, -0.1) is 0 Å². The molecular weight excluding hydrogens is 338 g/mol. The predicted octanol–water partition coefficient (Wildman–Crippen LogP) is 5.22. The minimum absolute atomic E-state index is 0.394. The number of carbonyl (C=O) groups excluding carboxylic acids is 1. The van der Waals surface area contributed by atoms with E-state index in [9.17, 15) is 4.79 Å². The standard InChI is InChI=1S/C22H27N3O2/c1-6-16(14-24-12-10-17-15(2)8-7-9-19(17)24)18-11-13-25(20(18)23)21(26)27-22(3,4)5/h6-13H,14,23H2,1-5H3. The Bertz CT molecular complexity index is 1020. The van der Waals surface area contributed by atoms with Gasteiger partial charge in [0.05, 0.1) is 0 Å². The van der Waals surface area contributed by atoms with E-state index in [-0.39, 0.29) is 0 Å². The molecule has 0 atom stereocenters. The number of aryl methyl sites for hydroxylation is 1. The summed E-state index contributed by atoms with van der Waals surface area (Å²) in [6.07, 6.45) is 5.32. The lowest BCUT2D eigenvalue weighted by Crippen LogP contribution is -2.27. The van der Waals surface area contributed by atoms with Crippen molar-refractivity contribution >= 4 is 28.4 Å². The van der Waals surface area contributed by atoms with Crippen molar-refractivity contribution in [2.75, 3.05) is 5.73 Å². The zero-order valence-electron chi connectivity index (χ0n) is 16.6. The maximum atomic E-state index is 12.4. The van der Waals surface area contributed by atoms with Crippen molar-refractivity contribution in [3.05, 3.63) is 59.9 Å². The number of hydrogen-bond donors (Lipinski definition) is 1. The molecule has 2 N–H and O–H groups in total. The van der Waals surface area contributed by atoms with Crippen molar-refractivity contribution in [2.45, 2.75) is 46.8 Å². The Morgan fingerprint density at radius 1 is 1.19 bits per heavy atom. The average Bonchev–Trinajstić information content (AvgIpc) is 3.16. The molecule has 0 radical (unpaired) electrons. The van der Waals surface area contributed by atoms with E-state index in [1.165, 1.54) is 21.0 Å². The highest BCUT2D eigenvalue weighted by atomic mass is 16.6. The number of aromatic nitrogens is 2. The van der Waals surface area contributed by atoms with Crippen LogP contribution >= 0.6 is 0 Å². The summed E-state index contributed by atoms with van der Waals surface area (Å²) in [4.78, 5) is 12.4. The summed E-state index contributed by atoms with van der Waals surface area (Å²) in [5, 5.41) is 1.24. The average molecular weight is 365 g/mol. The van der Waals surface area contributed by atoms with Gasteiger partial charge >= 0.3 is 6.09 Å². The van der Waals surface area contributed by atoms with Gasteiger partial charge in [-0.25, -0.2) is 9.36 Å². The second-order valence-corrected chi connectivity index (χ2v) is 7.73. The van der Waals surface area contributed by atoms with Crippen LogP contribution in [0.1, 0.15) is 38.8 Å². The third kappa shape index (κ3) is 3.77. The van der Waals surface area contributed by atoms with Gasteiger partial charge in [-0.3, -0.25) is 0 Å². The number of benzene rings is 1. The van der Waals surface area contributed by atoms with Crippen LogP contribution in [-0.4, -0.2) is 20.8 Å². The van der Waals surface area contributed by atoms with Gasteiger partial charge in [0.25, 0.3) is 0 Å². The van der Waals surface area contributed by atoms with Crippen LogP contribution in [0.3, 0.4) is 0 Å². The fourth-order valence-electron chi connectivity index (χ4n) is 3.22. The van der Waals surface area contributed by atoms with Crippen LogP contribution in [0.25, 0.3) is 16.5 Å². The van der Waals surface area contributed by atoms with Crippen molar-refractivity contribution in [3.63, 3.8) is 0 Å². The van der Waals surface area contributed by atoms with E-state index < -0.39 is 11.7 Å². The number of carbonyl (C=O) groups is 1. The van der Waals surface area contributed by atoms with Crippen LogP contribution in [0.2, 0.25) is 0 Å². The van der Waals surface area contributed by atoms with E-state index >= 15 is 0 Å². The minimum atomic E-state index is -0.570. The van der Waals surface area contributed by atoms with Crippen LogP contribution in [0.4, 0.5) is 10.6 Å². The molecule has 142 valence electrons. The van der Waals surface area contributed by atoms with E-state index in [1.807, 2.05) is 39.8 Å². The number of nitrogens with zero attached hydrogens (tertiary/aromatic N) is 2. The number of fused-ring (bicyclic) bond motifs is 1. The molecular formula is C22H27N3O2. The van der Waals surface area contributed by atoms with Gasteiger partial charge in [0, 0.05) is 35.4 Å². The first-order valence-electron chi connectivity index (χ1n) is 9.11. The van der Waals surface area contributed by atoms with E-state index in [0.717, 1.165) is 11.1 Å². The Kier molecular flexibility index (Phi) is 4.87. The fourth-order valence-corrected chi connectivity index (χ4v) is 3.22. The number of allylic oxidation sites excluding steroid dienone is 2. The van der Waals surface area contributed by atoms with Gasteiger partial charge in [0.1, 0.15) is 11.4 Å². The first-order valence-corrected chi connectivity index (χ1v) is 9.11. The second kappa shape index (κ2) is 6.99. The molecule has 0 amide bonds. The lowest BCUT2D eigenvalue weighted by Gasteiger charge is -2.20.